The van der Waals surface area contributed by atoms with E-state index in [9.17, 15) is 4.79 Å². The number of methoxy groups -OCH3 is 1. The zero-order valence-corrected chi connectivity index (χ0v) is 15.0. The molecule has 134 valence electrons. The molecule has 2 atom stereocenters. The number of carbonyl (C=O) groups excluding carboxylic acids is 1. The van der Waals surface area contributed by atoms with Gasteiger partial charge in [-0.3, -0.25) is 9.48 Å². The predicted octanol–water partition coefficient (Wildman–Crippen LogP) is 3.01. The van der Waals surface area contributed by atoms with Crippen LogP contribution in [-0.2, 0) is 20.8 Å². The molecule has 0 aliphatic carbocycles. The summed E-state index contributed by atoms with van der Waals surface area (Å²) in [5, 5.41) is 7.47. The molecule has 0 spiro atoms. The average Bonchev–Trinajstić information content (AvgIpc) is 3.22. The van der Waals surface area contributed by atoms with Gasteiger partial charge in [-0.25, -0.2) is 0 Å². The van der Waals surface area contributed by atoms with E-state index in [1.54, 1.807) is 7.11 Å². The van der Waals surface area contributed by atoms with Gasteiger partial charge in [0.2, 0.25) is 0 Å². The molecular weight excluding hydrogens is 318 g/mol. The van der Waals surface area contributed by atoms with E-state index in [1.807, 2.05) is 48.9 Å². The normalized spacial score (nSPS) is 20.0. The number of benzene rings is 1. The minimum absolute atomic E-state index is 0.0106. The summed E-state index contributed by atoms with van der Waals surface area (Å²) in [7, 11) is 1.66. The van der Waals surface area contributed by atoms with E-state index in [-0.39, 0.29) is 12.0 Å². The van der Waals surface area contributed by atoms with Crippen molar-refractivity contribution in [3.63, 3.8) is 0 Å². The molecule has 25 heavy (non-hydrogen) atoms. The van der Waals surface area contributed by atoms with Crippen LogP contribution in [0.1, 0.15) is 35.9 Å². The molecule has 1 fully saturated rings. The molecule has 6 nitrogen and oxygen atoms in total. The van der Waals surface area contributed by atoms with Crippen molar-refractivity contribution in [1.82, 2.24) is 9.78 Å². The highest BCUT2D eigenvalue weighted by atomic mass is 16.5. The average molecular weight is 343 g/mol. The Hall–Kier alpha value is -2.18. The fourth-order valence-corrected chi connectivity index (χ4v) is 3.22. The number of amides is 1. The molecule has 0 unspecified atom stereocenters. The first kappa shape index (κ1) is 17.6. The third kappa shape index (κ3) is 3.91. The van der Waals surface area contributed by atoms with Gasteiger partial charge in [-0.15, -0.1) is 0 Å². The van der Waals surface area contributed by atoms with Crippen LogP contribution in [0.15, 0.2) is 30.3 Å². The van der Waals surface area contributed by atoms with Gasteiger partial charge in [0.05, 0.1) is 36.3 Å². The molecule has 0 bridgehead atoms. The second kappa shape index (κ2) is 7.80. The van der Waals surface area contributed by atoms with Gasteiger partial charge >= 0.3 is 0 Å². The topological polar surface area (TPSA) is 65.4 Å². The maximum Gasteiger partial charge on any atom is 0.253 e. The van der Waals surface area contributed by atoms with Crippen LogP contribution in [0.2, 0.25) is 0 Å². The van der Waals surface area contributed by atoms with Crippen molar-refractivity contribution < 1.29 is 14.3 Å². The molecule has 1 amide bonds. The summed E-state index contributed by atoms with van der Waals surface area (Å²) in [6.07, 6.45) is 1.14. The Balaban J connectivity index is 1.64. The van der Waals surface area contributed by atoms with Crippen LogP contribution in [-0.4, -0.2) is 35.5 Å². The number of rotatable bonds is 6. The molecule has 1 aliphatic rings. The largest absolute Gasteiger partial charge is 0.383 e. The lowest BCUT2D eigenvalue weighted by molar-refractivity contribution is -0.126. The smallest absolute Gasteiger partial charge is 0.253 e. The van der Waals surface area contributed by atoms with E-state index in [2.05, 4.69) is 10.4 Å². The molecule has 2 aromatic rings. The maximum atomic E-state index is 12.6. The number of hydrogen-bond acceptors (Lipinski definition) is 4. The molecular formula is C19H25N3O3. The Kier molecular flexibility index (Phi) is 5.50. The molecule has 3 rings (SSSR count). The molecule has 2 heterocycles. The highest BCUT2D eigenvalue weighted by Crippen LogP contribution is 2.33. The Morgan fingerprint density at radius 3 is 2.80 bits per heavy atom. The summed E-state index contributed by atoms with van der Waals surface area (Å²) in [5.41, 5.74) is 3.63. The van der Waals surface area contributed by atoms with Crippen molar-refractivity contribution in [2.75, 3.05) is 19.0 Å². The van der Waals surface area contributed by atoms with Gasteiger partial charge in [-0.1, -0.05) is 30.3 Å². The predicted molar refractivity (Wildman–Crippen MR) is 95.5 cm³/mol. The van der Waals surface area contributed by atoms with Crippen molar-refractivity contribution >= 4 is 11.6 Å². The number of ether oxygens (including phenoxy) is 2. The van der Waals surface area contributed by atoms with E-state index in [0.717, 1.165) is 35.5 Å². The fourth-order valence-electron chi connectivity index (χ4n) is 3.22. The fraction of sp³-hybridized carbons (Fsp3) is 0.474. The van der Waals surface area contributed by atoms with Crippen LogP contribution in [0.4, 0.5) is 5.69 Å². The third-order valence-corrected chi connectivity index (χ3v) is 4.62. The zero-order valence-electron chi connectivity index (χ0n) is 15.0. The number of nitrogens with zero attached hydrogens (tertiary/aromatic N) is 2. The van der Waals surface area contributed by atoms with Gasteiger partial charge in [-0.05, 0) is 32.3 Å². The monoisotopic (exact) mass is 343 g/mol. The summed E-state index contributed by atoms with van der Waals surface area (Å²) < 4.78 is 12.9. The third-order valence-electron chi connectivity index (χ3n) is 4.62. The van der Waals surface area contributed by atoms with E-state index in [0.29, 0.717) is 13.2 Å². The van der Waals surface area contributed by atoms with Gasteiger partial charge in [0, 0.05) is 7.11 Å². The number of hydrogen-bond donors (Lipinski definition) is 1. The van der Waals surface area contributed by atoms with Crippen molar-refractivity contribution in [3.8, 4) is 0 Å². The van der Waals surface area contributed by atoms with Crippen LogP contribution in [0.5, 0.6) is 0 Å². The first-order valence-electron chi connectivity index (χ1n) is 8.64. The number of anilines is 1. The molecule has 0 radical (unpaired) electrons. The SMILES string of the molecule is COCCn1nc(C)c(NC(=O)[C@H]2CC[C@@H](c3ccccc3)O2)c1C. The Morgan fingerprint density at radius 2 is 2.08 bits per heavy atom. The summed E-state index contributed by atoms with van der Waals surface area (Å²) in [5.74, 6) is -0.101. The van der Waals surface area contributed by atoms with Gasteiger partial charge < -0.3 is 14.8 Å². The zero-order chi connectivity index (χ0) is 17.8. The minimum atomic E-state index is -0.425. The molecule has 1 saturated heterocycles. The number of carbonyl (C=O) groups is 1. The number of aromatic nitrogens is 2. The first-order valence-corrected chi connectivity index (χ1v) is 8.64. The Bertz CT molecular complexity index is 727. The molecule has 6 heteroatoms. The molecule has 1 aromatic heterocycles. The molecule has 1 N–H and O–H groups in total. The van der Waals surface area contributed by atoms with Gasteiger partial charge in [0.15, 0.2) is 0 Å². The molecule has 1 aliphatic heterocycles. The van der Waals surface area contributed by atoms with Gasteiger partial charge in [-0.2, -0.15) is 5.10 Å². The van der Waals surface area contributed by atoms with Crippen LogP contribution in [0.3, 0.4) is 0 Å². The van der Waals surface area contributed by atoms with E-state index in [4.69, 9.17) is 9.47 Å². The standard InChI is InChI=1S/C19H25N3O3/c1-13-18(14(2)22(21-13)11-12-24-3)20-19(23)17-10-9-16(25-17)15-7-5-4-6-8-15/h4-8,16-17H,9-12H2,1-3H3,(H,20,23)/t16-,17+/m0/s1. The summed E-state index contributed by atoms with van der Waals surface area (Å²) in [6.45, 7) is 5.09. The van der Waals surface area contributed by atoms with E-state index < -0.39 is 6.10 Å². The van der Waals surface area contributed by atoms with Crippen molar-refractivity contribution in [3.05, 3.63) is 47.3 Å². The lowest BCUT2D eigenvalue weighted by Gasteiger charge is -2.14. The molecule has 1 aromatic carbocycles. The first-order chi connectivity index (χ1) is 12.1. The second-order valence-corrected chi connectivity index (χ2v) is 6.35. The second-order valence-electron chi connectivity index (χ2n) is 6.35. The van der Waals surface area contributed by atoms with Crippen LogP contribution < -0.4 is 5.32 Å². The van der Waals surface area contributed by atoms with Crippen LogP contribution >= 0.6 is 0 Å². The van der Waals surface area contributed by atoms with E-state index >= 15 is 0 Å². The van der Waals surface area contributed by atoms with Gasteiger partial charge in [0.1, 0.15) is 6.10 Å². The summed E-state index contributed by atoms with van der Waals surface area (Å²) in [4.78, 5) is 12.6. The Morgan fingerprint density at radius 1 is 1.32 bits per heavy atom. The lowest BCUT2D eigenvalue weighted by atomic mass is 10.1. The van der Waals surface area contributed by atoms with Crippen molar-refractivity contribution in [2.45, 2.75) is 45.4 Å². The van der Waals surface area contributed by atoms with Crippen molar-refractivity contribution in [2.24, 2.45) is 0 Å². The van der Waals surface area contributed by atoms with Crippen LogP contribution in [0, 0.1) is 13.8 Å². The Labute approximate surface area is 148 Å². The lowest BCUT2D eigenvalue weighted by Crippen LogP contribution is -2.27. The number of aryl methyl sites for hydroxylation is 1. The quantitative estimate of drug-likeness (QED) is 0.876. The van der Waals surface area contributed by atoms with Crippen molar-refractivity contribution in [1.29, 1.82) is 0 Å². The maximum absolute atomic E-state index is 12.6. The van der Waals surface area contributed by atoms with Crippen LogP contribution in [0.25, 0.3) is 0 Å². The minimum Gasteiger partial charge on any atom is -0.383 e. The molecule has 0 saturated carbocycles. The summed E-state index contributed by atoms with van der Waals surface area (Å²) in [6, 6.07) is 10.0. The highest BCUT2D eigenvalue weighted by molar-refractivity contribution is 5.95. The van der Waals surface area contributed by atoms with E-state index in [1.165, 1.54) is 0 Å². The highest BCUT2D eigenvalue weighted by Gasteiger charge is 2.32. The number of nitrogens with one attached hydrogen (secondary N) is 1. The van der Waals surface area contributed by atoms with Gasteiger partial charge in [0.25, 0.3) is 5.91 Å². The summed E-state index contributed by atoms with van der Waals surface area (Å²) >= 11 is 0.